The lowest BCUT2D eigenvalue weighted by Crippen LogP contribution is -2.65. The second-order valence-corrected chi connectivity index (χ2v) is 12.4. The van der Waals surface area contributed by atoms with Crippen LogP contribution >= 0.6 is 0 Å². The maximum atomic E-state index is 13.7. The molecule has 2 aliphatic carbocycles. The van der Waals surface area contributed by atoms with Crippen LogP contribution < -0.4 is 5.32 Å². The minimum atomic E-state index is -0.0827. The number of carbonyl (C=O) groups excluding carboxylic acids is 2. The zero-order valence-electron chi connectivity index (χ0n) is 20.6. The summed E-state index contributed by atoms with van der Waals surface area (Å²) >= 11 is 0. The molecule has 4 atom stereocenters. The molecule has 1 aliphatic heterocycles. The van der Waals surface area contributed by atoms with Crippen LogP contribution in [0.5, 0.6) is 5.75 Å². The molecule has 4 rings (SSSR count). The summed E-state index contributed by atoms with van der Waals surface area (Å²) in [5.41, 5.74) is 2.07. The van der Waals surface area contributed by atoms with E-state index in [4.69, 9.17) is 0 Å². The number of nitrogens with one attached hydrogen (secondary N) is 1. The minimum Gasteiger partial charge on any atom is -0.508 e. The lowest BCUT2D eigenvalue weighted by molar-refractivity contribution is -0.148. The highest BCUT2D eigenvalue weighted by Gasteiger charge is 2.57. The molecule has 5 heteroatoms. The fourth-order valence-electron chi connectivity index (χ4n) is 6.52. The summed E-state index contributed by atoms with van der Waals surface area (Å²) in [4.78, 5) is 28.2. The summed E-state index contributed by atoms with van der Waals surface area (Å²) < 4.78 is 0. The number of piperidine rings is 1. The molecule has 1 unspecified atom stereocenters. The number of aromatic hydroxyl groups is 1. The third-order valence-corrected chi connectivity index (χ3v) is 8.75. The molecule has 2 fully saturated rings. The van der Waals surface area contributed by atoms with Gasteiger partial charge in [0.15, 0.2) is 0 Å². The Kier molecular flexibility index (Phi) is 5.62. The number of phenolic OH excluding ortho intramolecular Hbond substituents is 1. The zero-order valence-corrected chi connectivity index (χ0v) is 20.6. The Bertz CT molecular complexity index is 916. The van der Waals surface area contributed by atoms with E-state index in [1.165, 1.54) is 5.56 Å². The quantitative estimate of drug-likeness (QED) is 0.724. The molecule has 2 bridgehead atoms. The van der Waals surface area contributed by atoms with E-state index in [1.807, 2.05) is 6.07 Å². The molecule has 0 radical (unpaired) electrons. The Morgan fingerprint density at radius 2 is 1.91 bits per heavy atom. The Hall–Kier alpha value is -2.04. The van der Waals surface area contributed by atoms with E-state index >= 15 is 0 Å². The second-order valence-electron chi connectivity index (χ2n) is 12.4. The van der Waals surface area contributed by atoms with Gasteiger partial charge in [-0.05, 0) is 60.1 Å². The van der Waals surface area contributed by atoms with Crippen LogP contribution in [0.4, 0.5) is 0 Å². The minimum absolute atomic E-state index is 0.0270. The van der Waals surface area contributed by atoms with Crippen LogP contribution in [0, 0.1) is 16.7 Å². The number of likely N-dealkylation sites (tertiary alicyclic amines) is 1. The van der Waals surface area contributed by atoms with Crippen molar-refractivity contribution < 1.29 is 14.7 Å². The van der Waals surface area contributed by atoms with Gasteiger partial charge in [0.2, 0.25) is 11.8 Å². The lowest BCUT2D eigenvalue weighted by Gasteiger charge is -2.61. The van der Waals surface area contributed by atoms with Gasteiger partial charge in [-0.1, -0.05) is 53.7 Å². The molecule has 1 aromatic carbocycles. The molecule has 3 aliphatic rings. The normalized spacial score (nSPS) is 31.2. The van der Waals surface area contributed by atoms with Crippen molar-refractivity contribution in [2.45, 2.75) is 97.6 Å². The third kappa shape index (κ3) is 3.82. The highest BCUT2D eigenvalue weighted by Crippen LogP contribution is 2.57. The van der Waals surface area contributed by atoms with Gasteiger partial charge in [-0.25, -0.2) is 0 Å². The van der Waals surface area contributed by atoms with Gasteiger partial charge >= 0.3 is 0 Å². The molecule has 5 nitrogen and oxygen atoms in total. The predicted molar refractivity (Wildman–Crippen MR) is 126 cm³/mol. The van der Waals surface area contributed by atoms with Crippen molar-refractivity contribution >= 4 is 11.8 Å². The number of rotatable bonds is 3. The largest absolute Gasteiger partial charge is 0.508 e. The lowest BCUT2D eigenvalue weighted by atomic mass is 9.51. The summed E-state index contributed by atoms with van der Waals surface area (Å²) in [6, 6.07) is 6.04. The van der Waals surface area contributed by atoms with E-state index in [2.05, 4.69) is 57.8 Å². The van der Waals surface area contributed by atoms with Crippen molar-refractivity contribution in [1.82, 2.24) is 10.2 Å². The Labute approximate surface area is 193 Å². The Morgan fingerprint density at radius 3 is 2.59 bits per heavy atom. The standard InChI is InChI=1S/C27H40N2O3/c1-25(2,3)16-23(31)28-18-11-10-17(14-18)24(32)29-13-12-27(6)20-8-7-9-21(30)19(20)15-22(29)26(27,4)5/h7-9,17-18,22,30H,10-16H2,1-6H3,(H,28,31)/t17-,18?,22-,27+/m1/s1. The fourth-order valence-corrected chi connectivity index (χ4v) is 6.52. The van der Waals surface area contributed by atoms with Crippen LogP contribution in [-0.2, 0) is 21.4 Å². The van der Waals surface area contributed by atoms with E-state index in [0.717, 1.165) is 37.8 Å². The number of phenols is 1. The highest BCUT2D eigenvalue weighted by molar-refractivity contribution is 5.81. The maximum Gasteiger partial charge on any atom is 0.226 e. The molecule has 1 heterocycles. The van der Waals surface area contributed by atoms with Crippen molar-refractivity contribution in [1.29, 1.82) is 0 Å². The van der Waals surface area contributed by atoms with Crippen molar-refractivity contribution in [2.75, 3.05) is 6.54 Å². The van der Waals surface area contributed by atoms with Crippen molar-refractivity contribution in [3.63, 3.8) is 0 Å². The van der Waals surface area contributed by atoms with Crippen molar-refractivity contribution in [3.05, 3.63) is 29.3 Å². The van der Waals surface area contributed by atoms with E-state index in [-0.39, 0.29) is 46.1 Å². The van der Waals surface area contributed by atoms with Gasteiger partial charge in [0.25, 0.3) is 0 Å². The number of hydrogen-bond acceptors (Lipinski definition) is 3. The summed E-state index contributed by atoms with van der Waals surface area (Å²) in [6.07, 6.45) is 4.55. The molecule has 1 aromatic rings. The van der Waals surface area contributed by atoms with E-state index in [9.17, 15) is 14.7 Å². The first-order valence-electron chi connectivity index (χ1n) is 12.2. The van der Waals surface area contributed by atoms with Crippen LogP contribution in [0.15, 0.2) is 18.2 Å². The zero-order chi connectivity index (χ0) is 23.5. The molecule has 32 heavy (non-hydrogen) atoms. The first-order valence-corrected chi connectivity index (χ1v) is 12.2. The molecule has 2 amide bonds. The van der Waals surface area contributed by atoms with Gasteiger partial charge in [0.05, 0.1) is 0 Å². The Balaban J connectivity index is 1.49. The van der Waals surface area contributed by atoms with E-state index in [1.54, 1.807) is 6.07 Å². The first kappa shape index (κ1) is 23.1. The van der Waals surface area contributed by atoms with Crippen LogP contribution in [0.2, 0.25) is 0 Å². The maximum absolute atomic E-state index is 13.7. The number of carbonyl (C=O) groups is 2. The van der Waals surface area contributed by atoms with E-state index < -0.39 is 0 Å². The first-order chi connectivity index (χ1) is 14.8. The number of nitrogens with zero attached hydrogens (tertiary/aromatic N) is 1. The van der Waals surface area contributed by atoms with Crippen molar-refractivity contribution in [3.8, 4) is 5.75 Å². The average molecular weight is 441 g/mol. The van der Waals surface area contributed by atoms with Gasteiger partial charge in [-0.2, -0.15) is 0 Å². The molecule has 176 valence electrons. The summed E-state index contributed by atoms with van der Waals surface area (Å²) in [7, 11) is 0. The topological polar surface area (TPSA) is 69.6 Å². The van der Waals surface area contributed by atoms with Gasteiger partial charge in [0.1, 0.15) is 5.75 Å². The van der Waals surface area contributed by atoms with Crippen LogP contribution in [0.3, 0.4) is 0 Å². The van der Waals surface area contributed by atoms with Crippen LogP contribution in [0.25, 0.3) is 0 Å². The fraction of sp³-hybridized carbons (Fsp3) is 0.704. The molecule has 1 saturated carbocycles. The molecule has 2 N–H and O–H groups in total. The third-order valence-electron chi connectivity index (χ3n) is 8.75. The van der Waals surface area contributed by atoms with Crippen LogP contribution in [0.1, 0.15) is 84.8 Å². The van der Waals surface area contributed by atoms with Crippen LogP contribution in [-0.4, -0.2) is 40.4 Å². The summed E-state index contributed by atoms with van der Waals surface area (Å²) in [5.74, 6) is 0.647. The molecular weight excluding hydrogens is 400 g/mol. The summed E-state index contributed by atoms with van der Waals surface area (Å²) in [6.45, 7) is 13.8. The number of amides is 2. The number of benzene rings is 1. The Morgan fingerprint density at radius 1 is 1.19 bits per heavy atom. The van der Waals surface area contributed by atoms with Crippen molar-refractivity contribution in [2.24, 2.45) is 16.7 Å². The average Bonchev–Trinajstić information content (AvgIpc) is 3.11. The molecule has 0 spiro atoms. The second kappa shape index (κ2) is 7.78. The molecular formula is C27H40N2O3. The molecule has 1 saturated heterocycles. The molecule has 0 aromatic heterocycles. The number of hydrogen-bond donors (Lipinski definition) is 2. The monoisotopic (exact) mass is 440 g/mol. The van der Waals surface area contributed by atoms with Gasteiger partial charge < -0.3 is 15.3 Å². The van der Waals surface area contributed by atoms with Gasteiger partial charge in [-0.15, -0.1) is 0 Å². The number of fused-ring (bicyclic) bond motifs is 4. The smallest absolute Gasteiger partial charge is 0.226 e. The van der Waals surface area contributed by atoms with E-state index in [0.29, 0.717) is 18.6 Å². The highest BCUT2D eigenvalue weighted by atomic mass is 16.3. The summed E-state index contributed by atoms with van der Waals surface area (Å²) in [5, 5.41) is 13.8. The van der Waals surface area contributed by atoms with Gasteiger partial charge in [-0.3, -0.25) is 9.59 Å². The predicted octanol–water partition coefficient (Wildman–Crippen LogP) is 4.55. The van der Waals surface area contributed by atoms with Gasteiger partial charge in [0, 0.05) is 36.4 Å². The SMILES string of the molecule is CC(C)(C)CC(=O)NC1CC[C@@H](C(=O)N2CC[C@@]3(C)c4cccc(O)c4C[C@@H]2C3(C)C)C1.